The van der Waals surface area contributed by atoms with E-state index in [1.807, 2.05) is 13.8 Å². The maximum absolute atomic E-state index is 8.45. The molecule has 0 bridgehead atoms. The molecule has 0 aromatic carbocycles. The lowest BCUT2D eigenvalue weighted by molar-refractivity contribution is -0.0210. The van der Waals surface area contributed by atoms with Crippen LogP contribution in [0, 0.1) is 34.0 Å². The third-order valence-electron chi connectivity index (χ3n) is 9.29. The fraction of sp³-hybridized carbons (Fsp3) is 1.00. The van der Waals surface area contributed by atoms with Gasteiger partial charge in [-0.05, 0) is 98.3 Å². The van der Waals surface area contributed by atoms with E-state index in [4.69, 9.17) is 10.8 Å². The van der Waals surface area contributed by atoms with Crippen molar-refractivity contribution < 1.29 is 5.11 Å². The van der Waals surface area contributed by atoms with Gasteiger partial charge in [-0.3, -0.25) is 0 Å². The fourth-order valence-electron chi connectivity index (χ4n) is 5.25. The van der Waals surface area contributed by atoms with E-state index in [1.165, 1.54) is 51.4 Å². The van der Waals surface area contributed by atoms with Gasteiger partial charge in [-0.2, -0.15) is 0 Å². The van der Waals surface area contributed by atoms with Crippen LogP contribution in [0.2, 0.25) is 0 Å². The van der Waals surface area contributed by atoms with E-state index < -0.39 is 0 Å². The van der Waals surface area contributed by atoms with Crippen LogP contribution in [0.3, 0.4) is 0 Å². The molecule has 3 saturated carbocycles. The predicted molar refractivity (Wildman–Crippen MR) is 124 cm³/mol. The molecule has 0 aliphatic heterocycles. The van der Waals surface area contributed by atoms with Gasteiger partial charge >= 0.3 is 0 Å². The fourth-order valence-corrected chi connectivity index (χ4v) is 5.25. The van der Waals surface area contributed by atoms with Crippen molar-refractivity contribution in [1.82, 2.24) is 0 Å². The second-order valence-electron chi connectivity index (χ2n) is 11.4. The Morgan fingerprint density at radius 3 is 1.32 bits per heavy atom. The maximum Gasteiger partial charge on any atom is 0.0540 e. The standard InChI is InChI=1S/C20H39N.C4H8O.C2H6/c1-18(2,14-21)20(5,6)17-12-10-16(11-13-17)19(3,4)15-8-7-9-15;5-4-2-1-3-4;1-2/h15-17H,7-14,21H2,1-6H3;4-5H,1-3H2;1-2H3. The summed E-state index contributed by atoms with van der Waals surface area (Å²) >= 11 is 0. The van der Waals surface area contributed by atoms with Crippen molar-refractivity contribution in [2.24, 2.45) is 39.7 Å². The zero-order valence-corrected chi connectivity index (χ0v) is 20.6. The summed E-state index contributed by atoms with van der Waals surface area (Å²) in [5.74, 6) is 2.81. The lowest BCUT2D eigenvalue weighted by Crippen LogP contribution is -2.46. The second kappa shape index (κ2) is 10.8. The van der Waals surface area contributed by atoms with Crippen LogP contribution in [0.1, 0.15) is 120 Å². The monoisotopic (exact) mass is 395 g/mol. The Kier molecular flexibility index (Phi) is 10.0. The molecular formula is C26H53NO. The summed E-state index contributed by atoms with van der Waals surface area (Å²) in [5, 5.41) is 8.45. The summed E-state index contributed by atoms with van der Waals surface area (Å²) in [5.41, 5.74) is 7.24. The van der Waals surface area contributed by atoms with Gasteiger partial charge in [0.1, 0.15) is 0 Å². The smallest absolute Gasteiger partial charge is 0.0540 e. The van der Waals surface area contributed by atoms with E-state index >= 15 is 0 Å². The third kappa shape index (κ3) is 5.97. The molecule has 3 fully saturated rings. The predicted octanol–water partition coefficient (Wildman–Crippen LogP) is 7.19. The molecule has 2 heteroatoms. The number of nitrogens with two attached hydrogens (primary N) is 1. The Hall–Kier alpha value is -0.0800. The quantitative estimate of drug-likeness (QED) is 0.517. The molecule has 0 spiro atoms. The number of aliphatic hydroxyl groups excluding tert-OH is 1. The average Bonchev–Trinajstić information content (AvgIpc) is 2.60. The van der Waals surface area contributed by atoms with Crippen molar-refractivity contribution in [3.63, 3.8) is 0 Å². The van der Waals surface area contributed by atoms with Gasteiger partial charge in [-0.25, -0.2) is 0 Å². The lowest BCUT2D eigenvalue weighted by atomic mass is 9.53. The highest BCUT2D eigenvalue weighted by atomic mass is 16.3. The van der Waals surface area contributed by atoms with Gasteiger partial charge in [-0.1, -0.05) is 61.8 Å². The first-order chi connectivity index (χ1) is 13.0. The molecule has 0 atom stereocenters. The minimum absolute atomic E-state index is 0.0648. The Labute approximate surface area is 177 Å². The van der Waals surface area contributed by atoms with Crippen LogP contribution in [0.4, 0.5) is 0 Å². The topological polar surface area (TPSA) is 46.2 Å². The highest BCUT2D eigenvalue weighted by Gasteiger charge is 2.46. The second-order valence-corrected chi connectivity index (χ2v) is 11.4. The van der Waals surface area contributed by atoms with E-state index in [0.29, 0.717) is 10.8 Å². The number of aliphatic hydroxyl groups is 1. The molecule has 0 aromatic rings. The van der Waals surface area contributed by atoms with Crippen LogP contribution < -0.4 is 5.73 Å². The van der Waals surface area contributed by atoms with E-state index in [2.05, 4.69) is 41.5 Å². The van der Waals surface area contributed by atoms with Crippen molar-refractivity contribution in [3.05, 3.63) is 0 Å². The number of rotatable bonds is 5. The summed E-state index contributed by atoms with van der Waals surface area (Å²) in [4.78, 5) is 0. The van der Waals surface area contributed by atoms with Gasteiger partial charge in [0.2, 0.25) is 0 Å². The van der Waals surface area contributed by atoms with Crippen LogP contribution in [-0.2, 0) is 0 Å². The first-order valence-corrected chi connectivity index (χ1v) is 12.4. The normalized spacial score (nSPS) is 26.8. The van der Waals surface area contributed by atoms with Crippen LogP contribution in [0.25, 0.3) is 0 Å². The summed E-state index contributed by atoms with van der Waals surface area (Å²) in [6.45, 7) is 19.5. The van der Waals surface area contributed by atoms with Crippen LogP contribution >= 0.6 is 0 Å². The van der Waals surface area contributed by atoms with Gasteiger partial charge in [0.05, 0.1) is 6.10 Å². The van der Waals surface area contributed by atoms with E-state index in [1.54, 1.807) is 0 Å². The van der Waals surface area contributed by atoms with Crippen molar-refractivity contribution in [1.29, 1.82) is 0 Å². The van der Waals surface area contributed by atoms with Gasteiger partial charge < -0.3 is 10.8 Å². The first-order valence-electron chi connectivity index (χ1n) is 12.4. The summed E-state index contributed by atoms with van der Waals surface area (Å²) < 4.78 is 0. The molecule has 28 heavy (non-hydrogen) atoms. The molecule has 0 heterocycles. The van der Waals surface area contributed by atoms with Crippen LogP contribution in [-0.4, -0.2) is 17.8 Å². The number of hydrogen-bond acceptors (Lipinski definition) is 2. The summed E-state index contributed by atoms with van der Waals surface area (Å²) in [7, 11) is 0. The Balaban J connectivity index is 0.000000476. The molecule has 0 radical (unpaired) electrons. The van der Waals surface area contributed by atoms with Crippen molar-refractivity contribution >= 4 is 0 Å². The highest BCUT2D eigenvalue weighted by molar-refractivity contribution is 4.97. The van der Waals surface area contributed by atoms with Crippen molar-refractivity contribution in [2.75, 3.05) is 6.54 Å². The molecule has 2 nitrogen and oxygen atoms in total. The van der Waals surface area contributed by atoms with Gasteiger partial charge in [0.25, 0.3) is 0 Å². The highest BCUT2D eigenvalue weighted by Crippen LogP contribution is 2.55. The molecule has 3 N–H and O–H groups in total. The molecular weight excluding hydrogens is 342 g/mol. The zero-order valence-electron chi connectivity index (χ0n) is 20.6. The van der Waals surface area contributed by atoms with Gasteiger partial charge in [-0.15, -0.1) is 0 Å². The Morgan fingerprint density at radius 2 is 1.04 bits per heavy atom. The molecule has 3 aliphatic rings. The maximum atomic E-state index is 8.45. The molecule has 3 rings (SSSR count). The SMILES string of the molecule is CC.CC(C)(C1CCC1)C1CCC(C(C)(C)C(C)(C)CN)CC1.OC1CCC1. The van der Waals surface area contributed by atoms with E-state index in [-0.39, 0.29) is 11.5 Å². The summed E-state index contributed by atoms with van der Waals surface area (Å²) in [6, 6.07) is 0. The molecule has 168 valence electrons. The lowest BCUT2D eigenvalue weighted by Gasteiger charge is -2.52. The molecule has 0 unspecified atom stereocenters. The van der Waals surface area contributed by atoms with Crippen LogP contribution in [0.15, 0.2) is 0 Å². The van der Waals surface area contributed by atoms with Crippen LogP contribution in [0.5, 0.6) is 0 Å². The van der Waals surface area contributed by atoms with Gasteiger partial charge in [0, 0.05) is 0 Å². The zero-order chi connectivity index (χ0) is 21.6. The summed E-state index contributed by atoms with van der Waals surface area (Å²) in [6.07, 6.45) is 13.5. The van der Waals surface area contributed by atoms with Crippen molar-refractivity contribution in [2.45, 2.75) is 126 Å². The average molecular weight is 396 g/mol. The largest absolute Gasteiger partial charge is 0.393 e. The van der Waals surface area contributed by atoms with E-state index in [9.17, 15) is 0 Å². The molecule has 0 saturated heterocycles. The Bertz CT molecular complexity index is 424. The molecule has 0 aromatic heterocycles. The molecule has 0 amide bonds. The van der Waals surface area contributed by atoms with Gasteiger partial charge in [0.15, 0.2) is 0 Å². The number of hydrogen-bond donors (Lipinski definition) is 2. The van der Waals surface area contributed by atoms with E-state index in [0.717, 1.165) is 37.1 Å². The third-order valence-corrected chi connectivity index (χ3v) is 9.29. The molecule has 3 aliphatic carbocycles. The van der Waals surface area contributed by atoms with Crippen molar-refractivity contribution in [3.8, 4) is 0 Å². The minimum Gasteiger partial charge on any atom is -0.393 e. The first kappa shape index (κ1) is 26.0. The Morgan fingerprint density at radius 1 is 0.679 bits per heavy atom. The minimum atomic E-state index is 0.0648.